The molecule has 58 valence electrons. The molecular weight excluding hydrogens is 139 g/mol. The fraction of sp³-hybridized carbons (Fsp3) is 1.00. The zero-order valence-corrected chi connectivity index (χ0v) is 6.80. The number of hydrogen-bond donors (Lipinski definition) is 3. The van der Waals surface area contributed by atoms with Crippen molar-refractivity contribution in [3.63, 3.8) is 0 Å². The quantitative estimate of drug-likeness (QED) is 0.524. The van der Waals surface area contributed by atoms with Crippen molar-refractivity contribution >= 4 is 7.28 Å². The van der Waals surface area contributed by atoms with Gasteiger partial charge in [0.25, 0.3) is 0 Å². The topological polar surface area (TPSA) is 60.7 Å². The first-order valence-electron chi connectivity index (χ1n) is 3.15. The van der Waals surface area contributed by atoms with Crippen molar-refractivity contribution in [3.8, 4) is 0 Å². The Hall–Kier alpha value is 0.310. The molecule has 0 rings (SSSR count). The zero-order chi connectivity index (χ0) is 7.57. The van der Waals surface area contributed by atoms with Crippen LogP contribution in [0.4, 0.5) is 0 Å². The first-order chi connectivity index (χ1) is 3.89. The average Bonchev–Trinajstić information content (AvgIpc) is 1.66. The molecule has 0 aromatic heterocycles. The molecule has 0 aromatic carbocycles. The first kappa shape index (κ1) is 9.31. The predicted octanol–water partition coefficient (Wildman–Crippen LogP) is 0.691. The van der Waals surface area contributed by atoms with Gasteiger partial charge in [-0.15, -0.1) is 0 Å². The molecule has 3 nitrogen and oxygen atoms in total. The van der Waals surface area contributed by atoms with Crippen LogP contribution in [0.15, 0.2) is 0 Å². The van der Waals surface area contributed by atoms with Gasteiger partial charge in [-0.1, -0.05) is 0 Å². The summed E-state index contributed by atoms with van der Waals surface area (Å²) in [4.78, 5) is 27.1. The summed E-state index contributed by atoms with van der Waals surface area (Å²) in [5, 5.41) is 0. The van der Waals surface area contributed by atoms with Crippen LogP contribution >= 0.6 is 7.28 Å². The Morgan fingerprint density at radius 3 is 1.67 bits per heavy atom. The van der Waals surface area contributed by atoms with Crippen molar-refractivity contribution in [1.82, 2.24) is 0 Å². The van der Waals surface area contributed by atoms with E-state index in [1.54, 1.807) is 13.8 Å². The number of rotatable bonds is 3. The second-order valence-electron chi connectivity index (χ2n) is 2.38. The van der Waals surface area contributed by atoms with Crippen LogP contribution in [0.25, 0.3) is 0 Å². The van der Waals surface area contributed by atoms with Gasteiger partial charge in [0.15, 0.2) is 0 Å². The van der Waals surface area contributed by atoms with Crippen molar-refractivity contribution in [2.75, 3.05) is 12.3 Å². The molecule has 0 atom stereocenters. The summed E-state index contributed by atoms with van der Waals surface area (Å²) in [6.07, 6.45) is 0.802. The Morgan fingerprint density at radius 2 is 1.56 bits per heavy atom. The molecule has 0 aliphatic carbocycles. The second-order valence-corrected chi connectivity index (χ2v) is 6.14. The van der Waals surface area contributed by atoms with E-state index in [2.05, 4.69) is 0 Å². The van der Waals surface area contributed by atoms with Crippen LogP contribution in [0.3, 0.4) is 0 Å². The third-order valence-electron chi connectivity index (χ3n) is 1.33. The van der Waals surface area contributed by atoms with Crippen molar-refractivity contribution in [2.24, 2.45) is 0 Å². The maximum atomic E-state index is 9.03. The van der Waals surface area contributed by atoms with Crippen molar-refractivity contribution in [1.29, 1.82) is 0 Å². The van der Waals surface area contributed by atoms with Gasteiger partial charge in [0, 0.05) is 0 Å². The van der Waals surface area contributed by atoms with Gasteiger partial charge in [0.2, 0.25) is 0 Å². The van der Waals surface area contributed by atoms with Gasteiger partial charge in [-0.05, 0) is 0 Å². The summed E-state index contributed by atoms with van der Waals surface area (Å²) in [6, 6.07) is 0. The Kier molecular flexibility index (Phi) is 2.59. The fourth-order valence-corrected chi connectivity index (χ4v) is 1.85. The van der Waals surface area contributed by atoms with E-state index in [4.69, 9.17) is 14.7 Å². The summed E-state index contributed by atoms with van der Waals surface area (Å²) in [7, 11) is -4.13. The van der Waals surface area contributed by atoms with Gasteiger partial charge in [-0.2, -0.15) is 0 Å². The van der Waals surface area contributed by atoms with E-state index in [1.807, 2.05) is 0 Å². The van der Waals surface area contributed by atoms with E-state index in [-0.39, 0.29) is 12.3 Å². The Bertz CT molecular complexity index is 94.1. The van der Waals surface area contributed by atoms with E-state index in [1.165, 1.54) is 0 Å². The van der Waals surface area contributed by atoms with Crippen LogP contribution in [-0.2, 0) is 0 Å². The minimum atomic E-state index is -4.13. The van der Waals surface area contributed by atoms with Gasteiger partial charge in [-0.25, -0.2) is 0 Å². The van der Waals surface area contributed by atoms with Crippen LogP contribution in [0.2, 0.25) is 0 Å². The van der Waals surface area contributed by atoms with Crippen LogP contribution in [0, 0.1) is 0 Å². The molecule has 0 saturated carbocycles. The van der Waals surface area contributed by atoms with Crippen molar-refractivity contribution in [2.45, 2.75) is 20.3 Å². The van der Waals surface area contributed by atoms with E-state index in [9.17, 15) is 0 Å². The molecule has 0 aliphatic rings. The van der Waals surface area contributed by atoms with Crippen LogP contribution in [-0.4, -0.2) is 27.0 Å². The average molecular weight is 154 g/mol. The molecule has 0 spiro atoms. The van der Waals surface area contributed by atoms with Gasteiger partial charge in [0.05, 0.1) is 0 Å². The Morgan fingerprint density at radius 1 is 1.11 bits per heavy atom. The van der Waals surface area contributed by atoms with Crippen molar-refractivity contribution in [3.05, 3.63) is 0 Å². The summed E-state index contributed by atoms with van der Waals surface area (Å²) in [5.41, 5.74) is 0. The summed E-state index contributed by atoms with van der Waals surface area (Å²) >= 11 is 0. The van der Waals surface area contributed by atoms with Crippen LogP contribution in [0.5, 0.6) is 0 Å². The molecule has 0 fully saturated rings. The van der Waals surface area contributed by atoms with E-state index in [0.29, 0.717) is 6.42 Å². The monoisotopic (exact) mass is 154 g/mol. The maximum absolute atomic E-state index is 9.03. The summed E-state index contributed by atoms with van der Waals surface area (Å²) in [5.74, 6) is 0. The van der Waals surface area contributed by atoms with Crippen LogP contribution < -0.4 is 0 Å². The molecule has 0 radical (unpaired) electrons. The standard InChI is InChI=1S/C5H15O3P/c1-3-5-9(6,7,8)4-2/h6-8H,3-5H2,1-2H3. The molecule has 0 aliphatic heterocycles. The fourth-order valence-electron chi connectivity index (χ4n) is 0.616. The van der Waals surface area contributed by atoms with Gasteiger partial charge in [-0.3, -0.25) is 0 Å². The number of hydrogen-bond acceptors (Lipinski definition) is 3. The molecule has 0 unspecified atom stereocenters. The van der Waals surface area contributed by atoms with E-state index in [0.717, 1.165) is 0 Å². The normalized spacial score (nSPS) is 16.8. The predicted molar refractivity (Wildman–Crippen MR) is 39.3 cm³/mol. The summed E-state index contributed by atoms with van der Waals surface area (Å²) < 4.78 is 0. The summed E-state index contributed by atoms with van der Waals surface area (Å²) in [6.45, 7) is 3.38. The third-order valence-corrected chi connectivity index (χ3v) is 3.99. The molecule has 0 bridgehead atoms. The SMILES string of the molecule is CCCP(O)(O)(O)CC. The molecule has 0 saturated heterocycles. The zero-order valence-electron chi connectivity index (χ0n) is 5.91. The molecule has 0 heterocycles. The molecule has 3 N–H and O–H groups in total. The first-order valence-corrected chi connectivity index (χ1v) is 5.61. The van der Waals surface area contributed by atoms with Gasteiger partial charge >= 0.3 is 54.6 Å². The van der Waals surface area contributed by atoms with Crippen LogP contribution in [0.1, 0.15) is 20.3 Å². The molecule has 9 heavy (non-hydrogen) atoms. The third kappa shape index (κ3) is 3.82. The molecule has 4 heteroatoms. The van der Waals surface area contributed by atoms with Crippen molar-refractivity contribution < 1.29 is 14.7 Å². The molecule has 0 aromatic rings. The van der Waals surface area contributed by atoms with Gasteiger partial charge in [0.1, 0.15) is 0 Å². The van der Waals surface area contributed by atoms with E-state index >= 15 is 0 Å². The van der Waals surface area contributed by atoms with E-state index < -0.39 is 7.28 Å². The molecule has 0 amide bonds. The minimum absolute atomic E-state index is 0.0689. The Labute approximate surface area is 55.5 Å². The second kappa shape index (κ2) is 2.51. The van der Waals surface area contributed by atoms with Gasteiger partial charge < -0.3 is 0 Å². The Balaban J connectivity index is 3.95. The molecular formula is C5H15O3P.